The lowest BCUT2D eigenvalue weighted by molar-refractivity contribution is -0.147. The molecule has 1 heterocycles. The van der Waals surface area contributed by atoms with Crippen LogP contribution in [-0.2, 0) is 4.79 Å². The fourth-order valence-electron chi connectivity index (χ4n) is 2.10. The van der Waals surface area contributed by atoms with Crippen LogP contribution in [-0.4, -0.2) is 41.6 Å². The maximum Gasteiger partial charge on any atom is 0.401 e. The molecule has 1 amide bonds. The number of aromatic nitrogens is 1. The number of nitrogens with one attached hydrogen (secondary N) is 1. The average molecular weight is 349 g/mol. The van der Waals surface area contributed by atoms with Crippen LogP contribution >= 0.6 is 11.3 Å². The summed E-state index contributed by atoms with van der Waals surface area (Å²) in [4.78, 5) is 17.0. The summed E-state index contributed by atoms with van der Waals surface area (Å²) >= 11 is 1.07. The van der Waals surface area contributed by atoms with E-state index in [9.17, 15) is 22.4 Å². The smallest absolute Gasteiger partial charge is 0.301 e. The van der Waals surface area contributed by atoms with Gasteiger partial charge in [0.25, 0.3) is 0 Å². The fraction of sp³-hybridized carbons (Fsp3) is 0.429. The van der Waals surface area contributed by atoms with Gasteiger partial charge in [0.05, 0.1) is 23.3 Å². The van der Waals surface area contributed by atoms with Crippen LogP contribution in [0.5, 0.6) is 0 Å². The number of fused-ring (bicyclic) bond motifs is 1. The fourth-order valence-corrected chi connectivity index (χ4v) is 3.00. The SMILES string of the molecule is CCCN(CC(=O)Nc1nc2ccc(F)cc2s1)CC(F)(F)F. The molecule has 0 saturated heterocycles. The molecule has 9 heteroatoms. The lowest BCUT2D eigenvalue weighted by atomic mass is 10.3. The van der Waals surface area contributed by atoms with Gasteiger partial charge in [-0.05, 0) is 31.2 Å². The van der Waals surface area contributed by atoms with E-state index in [1.807, 2.05) is 0 Å². The zero-order chi connectivity index (χ0) is 17.0. The maximum atomic E-state index is 13.1. The van der Waals surface area contributed by atoms with Gasteiger partial charge in [-0.25, -0.2) is 9.37 Å². The van der Waals surface area contributed by atoms with E-state index in [1.165, 1.54) is 18.2 Å². The monoisotopic (exact) mass is 349 g/mol. The summed E-state index contributed by atoms with van der Waals surface area (Å²) in [7, 11) is 0. The van der Waals surface area contributed by atoms with Gasteiger partial charge < -0.3 is 5.32 Å². The third-order valence-corrected chi connectivity index (χ3v) is 3.84. The average Bonchev–Trinajstić information content (AvgIpc) is 2.77. The van der Waals surface area contributed by atoms with E-state index in [2.05, 4.69) is 10.3 Å². The summed E-state index contributed by atoms with van der Waals surface area (Å²) < 4.78 is 51.1. The van der Waals surface area contributed by atoms with E-state index < -0.39 is 24.4 Å². The number of carbonyl (C=O) groups excluding carboxylic acids is 1. The number of anilines is 1. The van der Waals surface area contributed by atoms with Crippen molar-refractivity contribution in [3.63, 3.8) is 0 Å². The number of thiazole rings is 1. The lowest BCUT2D eigenvalue weighted by Gasteiger charge is -2.22. The highest BCUT2D eigenvalue weighted by molar-refractivity contribution is 7.22. The Hall–Kier alpha value is -1.74. The van der Waals surface area contributed by atoms with Crippen LogP contribution in [0.1, 0.15) is 13.3 Å². The van der Waals surface area contributed by atoms with Crippen LogP contribution in [0, 0.1) is 5.82 Å². The van der Waals surface area contributed by atoms with Gasteiger partial charge in [-0.1, -0.05) is 18.3 Å². The van der Waals surface area contributed by atoms with E-state index in [-0.39, 0.29) is 18.2 Å². The molecule has 23 heavy (non-hydrogen) atoms. The first-order chi connectivity index (χ1) is 10.8. The van der Waals surface area contributed by atoms with Crippen LogP contribution in [0.2, 0.25) is 0 Å². The van der Waals surface area contributed by atoms with Crippen molar-refractivity contribution in [3.8, 4) is 0 Å². The number of benzene rings is 1. The molecule has 4 nitrogen and oxygen atoms in total. The second-order valence-corrected chi connectivity index (χ2v) is 6.04. The summed E-state index contributed by atoms with van der Waals surface area (Å²) in [6.45, 7) is 0.387. The number of nitrogens with zero attached hydrogens (tertiary/aromatic N) is 2. The van der Waals surface area contributed by atoms with E-state index in [1.54, 1.807) is 6.92 Å². The van der Waals surface area contributed by atoms with Crippen molar-refractivity contribution in [2.45, 2.75) is 19.5 Å². The van der Waals surface area contributed by atoms with Crippen molar-refractivity contribution in [1.29, 1.82) is 0 Å². The third kappa shape index (κ3) is 5.43. The third-order valence-electron chi connectivity index (χ3n) is 2.91. The van der Waals surface area contributed by atoms with Gasteiger partial charge in [0, 0.05) is 0 Å². The molecular weight excluding hydrogens is 334 g/mol. The Bertz CT molecular complexity index is 686. The van der Waals surface area contributed by atoms with E-state index in [0.29, 0.717) is 16.6 Å². The van der Waals surface area contributed by atoms with Crippen molar-refractivity contribution in [2.24, 2.45) is 0 Å². The zero-order valence-electron chi connectivity index (χ0n) is 12.3. The Morgan fingerprint density at radius 2 is 2.13 bits per heavy atom. The van der Waals surface area contributed by atoms with Crippen molar-refractivity contribution >= 4 is 32.6 Å². The van der Waals surface area contributed by atoms with E-state index in [0.717, 1.165) is 16.2 Å². The van der Waals surface area contributed by atoms with E-state index >= 15 is 0 Å². The number of carbonyl (C=O) groups is 1. The number of halogens is 4. The van der Waals surface area contributed by atoms with Crippen molar-refractivity contribution in [2.75, 3.05) is 25.0 Å². The number of hydrogen-bond donors (Lipinski definition) is 1. The summed E-state index contributed by atoms with van der Waals surface area (Å²) in [5.41, 5.74) is 0.521. The van der Waals surface area contributed by atoms with Crippen LogP contribution in [0.15, 0.2) is 18.2 Å². The second-order valence-electron chi connectivity index (χ2n) is 5.01. The summed E-state index contributed by atoms with van der Waals surface area (Å²) in [6, 6.07) is 4.01. The predicted octanol–water partition coefficient (Wildman–Crippen LogP) is 3.65. The Labute approximate surface area is 134 Å². The van der Waals surface area contributed by atoms with Crippen LogP contribution in [0.25, 0.3) is 10.2 Å². The molecule has 0 radical (unpaired) electrons. The molecule has 1 N–H and O–H groups in total. The number of amides is 1. The molecule has 2 rings (SSSR count). The Kier molecular flexibility index (Phi) is 5.53. The molecule has 2 aromatic rings. The summed E-state index contributed by atoms with van der Waals surface area (Å²) in [5, 5.41) is 2.70. The van der Waals surface area contributed by atoms with Crippen molar-refractivity contribution < 1.29 is 22.4 Å². The maximum absolute atomic E-state index is 13.1. The summed E-state index contributed by atoms with van der Waals surface area (Å²) in [5.74, 6) is -0.999. The first kappa shape index (κ1) is 17.6. The molecule has 0 bridgehead atoms. The number of rotatable bonds is 6. The van der Waals surface area contributed by atoms with Crippen LogP contribution in [0.4, 0.5) is 22.7 Å². The van der Waals surface area contributed by atoms with Crippen LogP contribution in [0.3, 0.4) is 0 Å². The minimum absolute atomic E-state index is 0.165. The summed E-state index contributed by atoms with van der Waals surface area (Å²) in [6.07, 6.45) is -3.85. The van der Waals surface area contributed by atoms with Crippen molar-refractivity contribution in [3.05, 3.63) is 24.0 Å². The Morgan fingerprint density at radius 1 is 1.39 bits per heavy atom. The molecular formula is C14H15F4N3OS. The van der Waals surface area contributed by atoms with Crippen molar-refractivity contribution in [1.82, 2.24) is 9.88 Å². The number of hydrogen-bond acceptors (Lipinski definition) is 4. The largest absolute Gasteiger partial charge is 0.401 e. The van der Waals surface area contributed by atoms with Gasteiger partial charge in [-0.2, -0.15) is 13.2 Å². The standard InChI is InChI=1S/C14H15F4N3OS/c1-2-5-21(8-14(16,17)18)7-12(22)20-13-19-10-4-3-9(15)6-11(10)23-13/h3-4,6H,2,5,7-8H2,1H3,(H,19,20,22). The highest BCUT2D eigenvalue weighted by Crippen LogP contribution is 2.26. The topological polar surface area (TPSA) is 45.2 Å². The molecule has 0 unspecified atom stereocenters. The normalized spacial score (nSPS) is 12.1. The van der Waals surface area contributed by atoms with Gasteiger partial charge in [0.1, 0.15) is 5.82 Å². The van der Waals surface area contributed by atoms with Crippen LogP contribution < -0.4 is 5.32 Å². The molecule has 0 atom stereocenters. The molecule has 1 aromatic heterocycles. The Balaban J connectivity index is 2.01. The predicted molar refractivity (Wildman–Crippen MR) is 81.0 cm³/mol. The molecule has 0 aliphatic heterocycles. The molecule has 0 fully saturated rings. The molecule has 0 aliphatic rings. The highest BCUT2D eigenvalue weighted by atomic mass is 32.1. The van der Waals surface area contributed by atoms with Gasteiger partial charge in [0.2, 0.25) is 5.91 Å². The molecule has 0 spiro atoms. The minimum atomic E-state index is -4.36. The van der Waals surface area contributed by atoms with Gasteiger partial charge in [0.15, 0.2) is 5.13 Å². The van der Waals surface area contributed by atoms with E-state index in [4.69, 9.17) is 0 Å². The van der Waals surface area contributed by atoms with Gasteiger partial charge in [-0.3, -0.25) is 9.69 Å². The molecule has 0 saturated carbocycles. The first-order valence-corrected chi connectivity index (χ1v) is 7.73. The Morgan fingerprint density at radius 3 is 2.78 bits per heavy atom. The molecule has 126 valence electrons. The highest BCUT2D eigenvalue weighted by Gasteiger charge is 2.31. The number of alkyl halides is 3. The quantitative estimate of drug-likeness (QED) is 0.810. The molecule has 0 aliphatic carbocycles. The first-order valence-electron chi connectivity index (χ1n) is 6.92. The second kappa shape index (κ2) is 7.22. The van der Waals surface area contributed by atoms with Gasteiger partial charge >= 0.3 is 6.18 Å². The minimum Gasteiger partial charge on any atom is -0.301 e. The molecule has 1 aromatic carbocycles. The lowest BCUT2D eigenvalue weighted by Crippen LogP contribution is -2.40. The zero-order valence-corrected chi connectivity index (χ0v) is 13.1. The van der Waals surface area contributed by atoms with Gasteiger partial charge in [-0.15, -0.1) is 0 Å².